The monoisotopic (exact) mass is 401 g/mol. The van der Waals surface area contributed by atoms with Gasteiger partial charge in [-0.25, -0.2) is 4.39 Å². The summed E-state index contributed by atoms with van der Waals surface area (Å²) in [5, 5.41) is 9.49. The van der Waals surface area contributed by atoms with Crippen LogP contribution < -0.4 is 4.74 Å². The zero-order valence-electron chi connectivity index (χ0n) is 15.0. The highest BCUT2D eigenvalue weighted by atomic mass is 35.5. The lowest BCUT2D eigenvalue weighted by Crippen LogP contribution is -2.09. The highest BCUT2D eigenvalue weighted by Gasteiger charge is 2.18. The van der Waals surface area contributed by atoms with Crippen LogP contribution in [-0.2, 0) is 16.0 Å². The van der Waals surface area contributed by atoms with Crippen LogP contribution in [0.4, 0.5) is 4.39 Å². The molecular weight excluding hydrogens is 385 g/mol. The van der Waals surface area contributed by atoms with Crippen molar-refractivity contribution >= 4 is 23.5 Å². The molecule has 5 nitrogen and oxygen atoms in total. The Morgan fingerprint density at radius 3 is 2.46 bits per heavy atom. The van der Waals surface area contributed by atoms with E-state index in [0.717, 1.165) is 5.56 Å². The molecule has 1 aromatic heterocycles. The number of esters is 1. The molecule has 0 atom stereocenters. The smallest absolute Gasteiger partial charge is 0.308 e. The van der Waals surface area contributed by atoms with Crippen LogP contribution in [0.5, 0.6) is 5.75 Å². The first-order valence-electron chi connectivity index (χ1n) is 8.52. The molecule has 2 aromatic carbocycles. The van der Waals surface area contributed by atoms with Gasteiger partial charge in [0.05, 0.1) is 17.8 Å². The molecule has 0 saturated carbocycles. The molecule has 7 heteroatoms. The lowest BCUT2D eigenvalue weighted by atomic mass is 10.1. The molecule has 0 aliphatic heterocycles. The maximum absolute atomic E-state index is 13.4. The number of halogens is 2. The van der Waals surface area contributed by atoms with E-state index < -0.39 is 11.9 Å². The minimum absolute atomic E-state index is 0.0731. The summed E-state index contributed by atoms with van der Waals surface area (Å²) in [7, 11) is 0. The highest BCUT2D eigenvalue weighted by molar-refractivity contribution is 6.30. The predicted molar refractivity (Wildman–Crippen MR) is 103 cm³/mol. The third-order valence-corrected chi connectivity index (χ3v) is 4.35. The van der Waals surface area contributed by atoms with Gasteiger partial charge in [0, 0.05) is 17.6 Å². The Balaban J connectivity index is 2.21. The first kappa shape index (κ1) is 19.6. The summed E-state index contributed by atoms with van der Waals surface area (Å²) in [5.74, 6) is -1.50. The number of nitrogens with zero attached hydrogens (tertiary/aromatic N) is 1. The normalized spacial score (nSPS) is 10.7. The number of carboxylic acid groups (broad SMARTS) is 1. The summed E-state index contributed by atoms with van der Waals surface area (Å²) in [6.07, 6.45) is 0.179. The number of carboxylic acids is 1. The van der Waals surface area contributed by atoms with Crippen LogP contribution >= 0.6 is 11.6 Å². The fourth-order valence-corrected chi connectivity index (χ4v) is 3.11. The van der Waals surface area contributed by atoms with Gasteiger partial charge in [-0.15, -0.1) is 0 Å². The van der Waals surface area contributed by atoms with Gasteiger partial charge in [0.25, 0.3) is 0 Å². The van der Waals surface area contributed by atoms with E-state index in [1.165, 1.54) is 19.1 Å². The number of hydrogen-bond donors (Lipinski definition) is 1. The van der Waals surface area contributed by atoms with Crippen LogP contribution in [0, 0.1) is 5.82 Å². The molecule has 1 N–H and O–H groups in total. The Bertz CT molecular complexity index is 1030. The number of carbonyl (C=O) groups is 2. The van der Waals surface area contributed by atoms with Gasteiger partial charge in [0.2, 0.25) is 0 Å². The van der Waals surface area contributed by atoms with E-state index in [-0.39, 0.29) is 24.4 Å². The van der Waals surface area contributed by atoms with Crippen LogP contribution in [0.2, 0.25) is 5.02 Å². The zero-order chi connectivity index (χ0) is 20.3. The van der Waals surface area contributed by atoms with Gasteiger partial charge >= 0.3 is 11.9 Å². The van der Waals surface area contributed by atoms with Gasteiger partial charge in [-0.05, 0) is 66.6 Å². The lowest BCUT2D eigenvalue weighted by molar-refractivity contribution is -0.137. The number of carbonyl (C=O) groups excluding carboxylic acids is 1. The first-order valence-corrected chi connectivity index (χ1v) is 8.89. The third-order valence-electron chi connectivity index (χ3n) is 4.11. The maximum atomic E-state index is 13.4. The molecule has 144 valence electrons. The Labute approximate surface area is 165 Å². The summed E-state index contributed by atoms with van der Waals surface area (Å²) in [6.45, 7) is 1.29. The first-order chi connectivity index (χ1) is 13.3. The van der Waals surface area contributed by atoms with Crippen molar-refractivity contribution in [1.82, 2.24) is 4.57 Å². The standard InChI is InChI=1S/C21H17ClFNO4/c1-13(25)28-20-10-4-15(22)12-19(20)24-17(8-11-21(26)27)7-9-18(24)14-2-5-16(23)6-3-14/h2-7,9-10,12H,8,11H2,1H3,(H,26,27). The highest BCUT2D eigenvalue weighted by Crippen LogP contribution is 2.34. The van der Waals surface area contributed by atoms with Crippen molar-refractivity contribution in [1.29, 1.82) is 0 Å². The Kier molecular flexibility index (Phi) is 5.80. The van der Waals surface area contributed by atoms with E-state index in [1.807, 2.05) is 6.07 Å². The van der Waals surface area contributed by atoms with Gasteiger partial charge < -0.3 is 14.4 Å². The van der Waals surface area contributed by atoms with Crippen molar-refractivity contribution in [3.8, 4) is 22.7 Å². The van der Waals surface area contributed by atoms with Crippen molar-refractivity contribution in [2.24, 2.45) is 0 Å². The number of ether oxygens (including phenoxy) is 1. The Hall–Kier alpha value is -3.12. The van der Waals surface area contributed by atoms with Gasteiger partial charge in [0.1, 0.15) is 5.82 Å². The molecule has 3 aromatic rings. The van der Waals surface area contributed by atoms with Gasteiger partial charge in [-0.1, -0.05) is 11.6 Å². The number of hydrogen-bond acceptors (Lipinski definition) is 3. The molecule has 28 heavy (non-hydrogen) atoms. The molecule has 0 radical (unpaired) electrons. The molecular formula is C21H17ClFNO4. The van der Waals surface area contributed by atoms with Crippen LogP contribution in [-0.4, -0.2) is 21.6 Å². The molecule has 0 aliphatic carbocycles. The molecule has 0 spiro atoms. The predicted octanol–water partition coefficient (Wildman–Crippen LogP) is 4.88. The summed E-state index contributed by atoms with van der Waals surface area (Å²) >= 11 is 6.17. The maximum Gasteiger partial charge on any atom is 0.308 e. The second-order valence-corrected chi connectivity index (χ2v) is 6.59. The molecule has 0 unspecified atom stereocenters. The Morgan fingerprint density at radius 1 is 1.11 bits per heavy atom. The van der Waals surface area contributed by atoms with E-state index >= 15 is 0 Å². The van der Waals surface area contributed by atoms with Crippen molar-refractivity contribution < 1.29 is 23.8 Å². The minimum atomic E-state index is -0.928. The topological polar surface area (TPSA) is 68.5 Å². The van der Waals surface area contributed by atoms with Gasteiger partial charge in [-0.3, -0.25) is 9.59 Å². The average molecular weight is 402 g/mol. The van der Waals surface area contributed by atoms with Crippen LogP contribution in [0.25, 0.3) is 16.9 Å². The Morgan fingerprint density at radius 2 is 1.82 bits per heavy atom. The van der Waals surface area contributed by atoms with E-state index in [4.69, 9.17) is 21.4 Å². The molecule has 3 rings (SSSR count). The fourth-order valence-electron chi connectivity index (χ4n) is 2.95. The summed E-state index contributed by atoms with van der Waals surface area (Å²) < 4.78 is 20.5. The summed E-state index contributed by atoms with van der Waals surface area (Å²) in [6, 6.07) is 14.3. The second kappa shape index (κ2) is 8.27. The number of aliphatic carboxylic acids is 1. The second-order valence-electron chi connectivity index (χ2n) is 6.15. The molecule has 0 saturated heterocycles. The molecule has 1 heterocycles. The fraction of sp³-hybridized carbons (Fsp3) is 0.143. The quantitative estimate of drug-likeness (QED) is 0.472. The van der Waals surface area contributed by atoms with E-state index in [1.54, 1.807) is 41.0 Å². The van der Waals surface area contributed by atoms with Crippen molar-refractivity contribution in [3.05, 3.63) is 71.1 Å². The third kappa shape index (κ3) is 4.40. The number of aryl methyl sites for hydroxylation is 1. The lowest BCUT2D eigenvalue weighted by Gasteiger charge is -2.17. The van der Waals surface area contributed by atoms with Crippen molar-refractivity contribution in [3.63, 3.8) is 0 Å². The van der Waals surface area contributed by atoms with Gasteiger partial charge in [0.15, 0.2) is 5.75 Å². The van der Waals surface area contributed by atoms with Crippen molar-refractivity contribution in [2.75, 3.05) is 0 Å². The van der Waals surface area contributed by atoms with E-state index in [2.05, 4.69) is 0 Å². The number of rotatable bonds is 6. The SMILES string of the molecule is CC(=O)Oc1ccc(Cl)cc1-n1c(CCC(=O)O)ccc1-c1ccc(F)cc1. The largest absolute Gasteiger partial charge is 0.481 e. The van der Waals surface area contributed by atoms with E-state index in [0.29, 0.717) is 22.1 Å². The number of aromatic nitrogens is 1. The molecule has 0 aliphatic rings. The van der Waals surface area contributed by atoms with Crippen LogP contribution in [0.1, 0.15) is 19.0 Å². The molecule has 0 fully saturated rings. The summed E-state index contributed by atoms with van der Waals surface area (Å²) in [5.41, 5.74) is 2.59. The average Bonchev–Trinajstić information content (AvgIpc) is 3.05. The zero-order valence-corrected chi connectivity index (χ0v) is 15.7. The summed E-state index contributed by atoms with van der Waals surface area (Å²) in [4.78, 5) is 22.6. The number of benzene rings is 2. The van der Waals surface area contributed by atoms with Gasteiger partial charge in [-0.2, -0.15) is 0 Å². The van der Waals surface area contributed by atoms with E-state index in [9.17, 15) is 14.0 Å². The molecule has 0 bridgehead atoms. The van der Waals surface area contributed by atoms with Crippen LogP contribution in [0.3, 0.4) is 0 Å². The van der Waals surface area contributed by atoms with Crippen LogP contribution in [0.15, 0.2) is 54.6 Å². The molecule has 0 amide bonds. The van der Waals surface area contributed by atoms with Crippen molar-refractivity contribution in [2.45, 2.75) is 19.8 Å². The minimum Gasteiger partial charge on any atom is -0.481 e.